The summed E-state index contributed by atoms with van der Waals surface area (Å²) in [5.74, 6) is 0. The Morgan fingerprint density at radius 2 is 0.556 bits per heavy atom. The van der Waals surface area contributed by atoms with Crippen LogP contribution < -0.4 is 0 Å². The van der Waals surface area contributed by atoms with Gasteiger partial charge in [-0.2, -0.15) is 0 Å². The van der Waals surface area contributed by atoms with Gasteiger partial charge < -0.3 is 52.5 Å². The predicted octanol–water partition coefficient (Wildman–Crippen LogP) is 10.2. The van der Waals surface area contributed by atoms with Crippen LogP contribution in [0.1, 0.15) is 38.9 Å². The van der Waals surface area contributed by atoms with E-state index >= 15 is 0 Å². The largest absolute Gasteiger partial charge is 0.374 e. The van der Waals surface area contributed by atoms with Gasteiger partial charge in [-0.05, 0) is 38.9 Å². The van der Waals surface area contributed by atoms with E-state index in [-0.39, 0.29) is 52.9 Å². The molecule has 374 valence electrons. The third-order valence-corrected chi connectivity index (χ3v) is 12.7. The number of hydrogen-bond acceptors (Lipinski definition) is 11. The summed E-state index contributed by atoms with van der Waals surface area (Å²) in [5.41, 5.74) is 6.80. The first kappa shape index (κ1) is 51.0. The molecule has 0 bridgehead atoms. The minimum atomic E-state index is -1.41. The summed E-state index contributed by atoms with van der Waals surface area (Å²) in [7, 11) is 0. The van der Waals surface area contributed by atoms with E-state index in [9.17, 15) is 5.11 Å². The van der Waals surface area contributed by atoms with Crippen molar-refractivity contribution in [2.24, 2.45) is 0 Å². The molecule has 11 heteroatoms. The highest BCUT2D eigenvalue weighted by Crippen LogP contribution is 2.34. The molecule has 0 saturated carbocycles. The van der Waals surface area contributed by atoms with Crippen molar-refractivity contribution in [1.29, 1.82) is 0 Å². The number of aliphatic hydroxyl groups is 1. The summed E-state index contributed by atoms with van der Waals surface area (Å²) < 4.78 is 67.9. The topological polar surface area (TPSA) is 113 Å². The van der Waals surface area contributed by atoms with Gasteiger partial charge in [0.25, 0.3) is 0 Å². The summed E-state index contributed by atoms with van der Waals surface area (Å²) in [5, 5.41) is 12.0. The van der Waals surface area contributed by atoms with Gasteiger partial charge in [0.2, 0.25) is 0 Å². The van der Waals surface area contributed by atoms with Gasteiger partial charge >= 0.3 is 0 Å². The zero-order valence-electron chi connectivity index (χ0n) is 40.4. The lowest BCUT2D eigenvalue weighted by Crippen LogP contribution is -2.63. The molecule has 2 aliphatic heterocycles. The van der Waals surface area contributed by atoms with Crippen molar-refractivity contribution in [1.82, 2.24) is 0 Å². The third kappa shape index (κ3) is 14.8. The Kier molecular flexibility index (Phi) is 19.3. The fourth-order valence-electron chi connectivity index (χ4n) is 8.97. The van der Waals surface area contributed by atoms with Gasteiger partial charge in [-0.15, -0.1) is 0 Å². The summed E-state index contributed by atoms with van der Waals surface area (Å²) in [6, 6.07) is 69.7. The molecule has 7 aromatic carbocycles. The quantitative estimate of drug-likeness (QED) is 0.0591. The van der Waals surface area contributed by atoms with E-state index in [1.54, 1.807) is 0 Å². The van der Waals surface area contributed by atoms with E-state index in [1.807, 2.05) is 212 Å². The third-order valence-electron chi connectivity index (χ3n) is 12.7. The fraction of sp³-hybridized carbons (Fsp3) is 0.311. The average Bonchev–Trinajstić information content (AvgIpc) is 3.44. The van der Waals surface area contributed by atoms with Crippen molar-refractivity contribution in [2.75, 3.05) is 13.2 Å². The molecule has 0 radical (unpaired) electrons. The standard InChI is InChI=1S/C61H64O11/c62-60-58(68-41-50-32-18-6-19-33-50)56(66-39-48-28-14-4-15-29-48)55(65-38-47-26-12-3-13-27-47)53(71-60)44-70-61-59(69-42-51-34-20-7-21-35-51)57(67-40-49-30-16-5-17-31-49)54(64-37-46-24-10-2-11-25-46)52(72-61)43-63-36-45-22-8-1-9-23-45/h1-35,52-62H,36-44H2/t52-,53-,54+,55-,56+,57+,58-,59-,60+,61-/m1/s1. The zero-order valence-corrected chi connectivity index (χ0v) is 40.4. The molecule has 2 aliphatic rings. The Morgan fingerprint density at radius 3 is 0.917 bits per heavy atom. The molecule has 72 heavy (non-hydrogen) atoms. The van der Waals surface area contributed by atoms with Crippen molar-refractivity contribution in [3.05, 3.63) is 251 Å². The minimum Gasteiger partial charge on any atom is -0.374 e. The summed E-state index contributed by atoms with van der Waals surface area (Å²) in [4.78, 5) is 0. The second kappa shape index (κ2) is 27.2. The van der Waals surface area contributed by atoms with Crippen LogP contribution in [0.2, 0.25) is 0 Å². The van der Waals surface area contributed by atoms with E-state index in [0.29, 0.717) is 6.61 Å². The maximum Gasteiger partial charge on any atom is 0.187 e. The molecule has 0 unspecified atom stereocenters. The van der Waals surface area contributed by atoms with Crippen LogP contribution in [0.4, 0.5) is 0 Å². The zero-order chi connectivity index (χ0) is 49.0. The van der Waals surface area contributed by atoms with Crippen LogP contribution in [-0.2, 0) is 93.6 Å². The molecule has 2 fully saturated rings. The van der Waals surface area contributed by atoms with Gasteiger partial charge in [0.05, 0.1) is 59.5 Å². The molecular weight excluding hydrogens is 909 g/mol. The van der Waals surface area contributed by atoms with Crippen molar-refractivity contribution >= 4 is 0 Å². The van der Waals surface area contributed by atoms with Crippen LogP contribution in [0.3, 0.4) is 0 Å². The van der Waals surface area contributed by atoms with E-state index in [4.69, 9.17) is 47.4 Å². The highest BCUT2D eigenvalue weighted by Gasteiger charge is 2.52. The van der Waals surface area contributed by atoms with E-state index in [2.05, 4.69) is 0 Å². The average molecular weight is 973 g/mol. The molecule has 2 heterocycles. The van der Waals surface area contributed by atoms with Gasteiger partial charge in [0.15, 0.2) is 12.6 Å². The van der Waals surface area contributed by atoms with Crippen LogP contribution in [0, 0.1) is 0 Å². The second-order valence-corrected chi connectivity index (χ2v) is 18.0. The molecule has 2 saturated heterocycles. The molecular formula is C61H64O11. The molecule has 0 amide bonds. The maximum absolute atomic E-state index is 12.0. The number of hydrogen-bond donors (Lipinski definition) is 1. The van der Waals surface area contributed by atoms with Gasteiger partial charge in [-0.1, -0.05) is 212 Å². The summed E-state index contributed by atoms with van der Waals surface area (Å²) >= 11 is 0. The number of aliphatic hydroxyl groups excluding tert-OH is 1. The predicted molar refractivity (Wildman–Crippen MR) is 272 cm³/mol. The van der Waals surface area contributed by atoms with Crippen LogP contribution in [-0.4, -0.2) is 79.7 Å². The molecule has 10 atom stereocenters. The van der Waals surface area contributed by atoms with Crippen LogP contribution in [0.5, 0.6) is 0 Å². The molecule has 0 aromatic heterocycles. The summed E-state index contributed by atoms with van der Waals surface area (Å²) in [6.07, 6.45) is -8.74. The van der Waals surface area contributed by atoms with Crippen molar-refractivity contribution in [3.63, 3.8) is 0 Å². The van der Waals surface area contributed by atoms with Crippen molar-refractivity contribution in [2.45, 2.75) is 108 Å². The van der Waals surface area contributed by atoms with Crippen LogP contribution in [0.25, 0.3) is 0 Å². The van der Waals surface area contributed by atoms with Crippen LogP contribution >= 0.6 is 0 Å². The monoisotopic (exact) mass is 972 g/mol. The number of benzene rings is 7. The lowest BCUT2D eigenvalue weighted by atomic mass is 9.97. The molecule has 1 N–H and O–H groups in total. The highest BCUT2D eigenvalue weighted by molar-refractivity contribution is 5.19. The van der Waals surface area contributed by atoms with Gasteiger partial charge in [-0.25, -0.2) is 0 Å². The fourth-order valence-corrected chi connectivity index (χ4v) is 8.97. The first-order valence-electron chi connectivity index (χ1n) is 24.8. The van der Waals surface area contributed by atoms with Crippen molar-refractivity contribution < 1.29 is 52.5 Å². The smallest absolute Gasteiger partial charge is 0.187 e. The lowest BCUT2D eigenvalue weighted by Gasteiger charge is -2.47. The molecule has 9 rings (SSSR count). The van der Waals surface area contributed by atoms with E-state index < -0.39 is 61.4 Å². The van der Waals surface area contributed by atoms with Gasteiger partial charge in [0, 0.05) is 0 Å². The van der Waals surface area contributed by atoms with E-state index in [1.165, 1.54) is 0 Å². The minimum absolute atomic E-state index is 0.0957. The summed E-state index contributed by atoms with van der Waals surface area (Å²) in [6.45, 7) is 1.89. The van der Waals surface area contributed by atoms with Gasteiger partial charge in [-0.3, -0.25) is 0 Å². The Balaban J connectivity index is 1.04. The lowest BCUT2D eigenvalue weighted by molar-refractivity contribution is -0.349. The Morgan fingerprint density at radius 1 is 0.278 bits per heavy atom. The Hall–Kier alpha value is -5.90. The molecule has 0 aliphatic carbocycles. The highest BCUT2D eigenvalue weighted by atomic mass is 16.7. The molecule has 0 spiro atoms. The first-order valence-corrected chi connectivity index (χ1v) is 24.8. The van der Waals surface area contributed by atoms with E-state index in [0.717, 1.165) is 38.9 Å². The Bertz CT molecular complexity index is 2550. The second-order valence-electron chi connectivity index (χ2n) is 18.0. The maximum atomic E-state index is 12.0. The van der Waals surface area contributed by atoms with Crippen LogP contribution in [0.15, 0.2) is 212 Å². The number of ether oxygens (including phenoxy) is 10. The Labute approximate surface area is 423 Å². The van der Waals surface area contributed by atoms with Gasteiger partial charge in [0.1, 0.15) is 48.8 Å². The SMILES string of the molecule is O[C@H]1O[C@H](CO[C@@H]2O[C@H](COCc3ccccc3)[C@H](OCc3ccccc3)[C@H](OCc3ccccc3)[C@H]2OCc2ccccc2)[C@@H](OCc2ccccc2)[C@H](OCc2ccccc2)[C@H]1OCc1ccccc1. The normalized spacial score (nSPS) is 24.2. The molecule has 11 nitrogen and oxygen atoms in total. The first-order chi connectivity index (χ1) is 35.6. The van der Waals surface area contributed by atoms with Crippen molar-refractivity contribution in [3.8, 4) is 0 Å². The molecule has 7 aromatic rings. The number of rotatable bonds is 25.